The SMILES string of the molecule is Cc1cccc(Cl)c1C(=O)Pc1ccccc1.[H-].[Li+]. The molecule has 0 bridgehead atoms. The van der Waals surface area contributed by atoms with E-state index in [-0.39, 0.29) is 34.4 Å². The molecule has 1 nitrogen and oxygen atoms in total. The maximum absolute atomic E-state index is 12.2. The third-order valence-corrected chi connectivity index (χ3v) is 3.89. The maximum Gasteiger partial charge on any atom is 1.00 e. The molecule has 0 spiro atoms. The smallest absolute Gasteiger partial charge is 1.00 e. The van der Waals surface area contributed by atoms with Crippen molar-refractivity contribution < 1.29 is 25.1 Å². The van der Waals surface area contributed by atoms with Crippen molar-refractivity contribution >= 4 is 31.0 Å². The average molecular weight is 271 g/mol. The van der Waals surface area contributed by atoms with Gasteiger partial charge in [-0.15, -0.1) is 0 Å². The Morgan fingerprint density at radius 3 is 2.39 bits per heavy atom. The van der Waals surface area contributed by atoms with Gasteiger partial charge in [0.1, 0.15) is 0 Å². The molecule has 88 valence electrons. The fourth-order valence-electron chi connectivity index (χ4n) is 1.63. The fourth-order valence-corrected chi connectivity index (χ4v) is 3.10. The Balaban J connectivity index is 0.00000162. The van der Waals surface area contributed by atoms with Crippen LogP contribution in [0.2, 0.25) is 5.02 Å². The quantitative estimate of drug-likeness (QED) is 0.599. The van der Waals surface area contributed by atoms with Gasteiger partial charge >= 0.3 is 18.9 Å². The average Bonchev–Trinajstić information content (AvgIpc) is 2.30. The number of hydrogen-bond donors (Lipinski definition) is 0. The van der Waals surface area contributed by atoms with Crippen LogP contribution in [0.5, 0.6) is 0 Å². The Hall–Kier alpha value is -0.573. The fraction of sp³-hybridized carbons (Fsp3) is 0.0714. The molecular formula is C14H13ClLiOP. The predicted octanol–water partition coefficient (Wildman–Crippen LogP) is 0.909. The van der Waals surface area contributed by atoms with Gasteiger partial charge in [0, 0.05) is 5.56 Å². The van der Waals surface area contributed by atoms with Crippen molar-refractivity contribution in [2.45, 2.75) is 6.92 Å². The third-order valence-electron chi connectivity index (χ3n) is 2.48. The minimum Gasteiger partial charge on any atom is -1.00 e. The van der Waals surface area contributed by atoms with E-state index in [9.17, 15) is 4.79 Å². The Bertz CT molecular complexity index is 528. The first kappa shape index (κ1) is 15.5. The van der Waals surface area contributed by atoms with Gasteiger partial charge in [-0.05, 0) is 32.4 Å². The van der Waals surface area contributed by atoms with Gasteiger partial charge in [-0.25, -0.2) is 0 Å². The molecule has 1 unspecified atom stereocenters. The summed E-state index contributed by atoms with van der Waals surface area (Å²) in [5.74, 6) is 0. The van der Waals surface area contributed by atoms with Gasteiger partial charge in [0.25, 0.3) is 0 Å². The van der Waals surface area contributed by atoms with Crippen LogP contribution in [0, 0.1) is 6.92 Å². The number of halogens is 1. The molecular weight excluding hydrogens is 258 g/mol. The topological polar surface area (TPSA) is 17.1 Å². The van der Waals surface area contributed by atoms with E-state index in [0.29, 0.717) is 10.6 Å². The largest absolute Gasteiger partial charge is 1.00 e. The van der Waals surface area contributed by atoms with Crippen molar-refractivity contribution in [2.24, 2.45) is 0 Å². The number of aryl methyl sites for hydroxylation is 1. The molecule has 0 saturated heterocycles. The first-order chi connectivity index (χ1) is 8.18. The van der Waals surface area contributed by atoms with Crippen LogP contribution in [0.4, 0.5) is 0 Å². The molecule has 0 aliphatic rings. The summed E-state index contributed by atoms with van der Waals surface area (Å²) in [5, 5.41) is 1.58. The summed E-state index contributed by atoms with van der Waals surface area (Å²) in [6.07, 6.45) is 0. The molecule has 0 amide bonds. The van der Waals surface area contributed by atoms with Gasteiger partial charge in [-0.2, -0.15) is 0 Å². The van der Waals surface area contributed by atoms with Crippen molar-refractivity contribution in [3.63, 3.8) is 0 Å². The summed E-state index contributed by atoms with van der Waals surface area (Å²) >= 11 is 6.07. The zero-order valence-electron chi connectivity index (χ0n) is 11.4. The van der Waals surface area contributed by atoms with E-state index in [1.807, 2.05) is 49.4 Å². The van der Waals surface area contributed by atoms with E-state index in [0.717, 1.165) is 10.9 Å². The van der Waals surface area contributed by atoms with Crippen LogP contribution in [0.3, 0.4) is 0 Å². The van der Waals surface area contributed by atoms with Gasteiger partial charge in [0.15, 0.2) is 5.52 Å². The first-order valence-electron chi connectivity index (χ1n) is 5.30. The van der Waals surface area contributed by atoms with E-state index in [1.54, 1.807) is 6.07 Å². The zero-order chi connectivity index (χ0) is 12.3. The summed E-state index contributed by atoms with van der Waals surface area (Å²) in [7, 11) is 0.125. The molecule has 2 aromatic rings. The molecule has 0 saturated carbocycles. The van der Waals surface area contributed by atoms with Gasteiger partial charge in [-0.1, -0.05) is 54.1 Å². The Morgan fingerprint density at radius 2 is 1.78 bits per heavy atom. The van der Waals surface area contributed by atoms with E-state index >= 15 is 0 Å². The van der Waals surface area contributed by atoms with Gasteiger partial charge in [-0.3, -0.25) is 4.79 Å². The van der Waals surface area contributed by atoms with Gasteiger partial charge in [0.05, 0.1) is 5.02 Å². The number of carbonyl (C=O) groups excluding carboxylic acids is 1. The molecule has 0 radical (unpaired) electrons. The second kappa shape index (κ2) is 7.12. The van der Waals surface area contributed by atoms with Crippen LogP contribution >= 0.6 is 20.2 Å². The Kier molecular flexibility index (Phi) is 6.13. The monoisotopic (exact) mass is 270 g/mol. The summed E-state index contributed by atoms with van der Waals surface area (Å²) < 4.78 is 0. The molecule has 0 aliphatic carbocycles. The number of hydrogen-bond acceptors (Lipinski definition) is 1. The zero-order valence-corrected chi connectivity index (χ0v) is 12.2. The number of rotatable bonds is 3. The van der Waals surface area contributed by atoms with E-state index in [4.69, 9.17) is 11.6 Å². The number of carbonyl (C=O) groups is 1. The second-order valence-corrected chi connectivity index (χ2v) is 5.44. The number of benzene rings is 2. The van der Waals surface area contributed by atoms with E-state index in [1.165, 1.54) is 0 Å². The molecule has 0 aliphatic heterocycles. The molecule has 0 aromatic heterocycles. The van der Waals surface area contributed by atoms with E-state index in [2.05, 4.69) is 0 Å². The minimum absolute atomic E-state index is 0. The van der Waals surface area contributed by atoms with Gasteiger partial charge in [0.2, 0.25) is 0 Å². The van der Waals surface area contributed by atoms with Crippen LogP contribution in [0.1, 0.15) is 17.3 Å². The van der Waals surface area contributed by atoms with Crippen LogP contribution < -0.4 is 24.2 Å². The molecule has 0 fully saturated rings. The molecule has 4 heteroatoms. The van der Waals surface area contributed by atoms with Crippen LogP contribution in [0.25, 0.3) is 0 Å². The first-order valence-corrected chi connectivity index (χ1v) is 6.68. The van der Waals surface area contributed by atoms with Gasteiger partial charge < -0.3 is 1.43 Å². The predicted molar refractivity (Wildman–Crippen MR) is 76.0 cm³/mol. The van der Waals surface area contributed by atoms with Crippen LogP contribution in [-0.4, -0.2) is 5.52 Å². The molecule has 2 aromatic carbocycles. The van der Waals surface area contributed by atoms with Crippen LogP contribution in [-0.2, 0) is 0 Å². The molecule has 1 atom stereocenters. The summed E-state index contributed by atoms with van der Waals surface area (Å²) in [6, 6.07) is 15.3. The van der Waals surface area contributed by atoms with Crippen molar-refractivity contribution in [2.75, 3.05) is 0 Å². The molecule has 0 heterocycles. The Labute approximate surface area is 127 Å². The standard InChI is InChI=1S/C14H12ClOP.Li.H/c1-10-6-5-9-12(15)13(10)14(16)17-11-7-3-2-4-8-11;;/h2-9,17H,1H3;;/q;+1;-1. The van der Waals surface area contributed by atoms with Crippen molar-refractivity contribution in [1.82, 2.24) is 0 Å². The summed E-state index contributed by atoms with van der Waals surface area (Å²) in [4.78, 5) is 12.2. The van der Waals surface area contributed by atoms with Crippen molar-refractivity contribution in [1.29, 1.82) is 0 Å². The van der Waals surface area contributed by atoms with Crippen molar-refractivity contribution in [3.05, 3.63) is 64.7 Å². The normalized spacial score (nSPS) is 10.3. The third kappa shape index (κ3) is 3.71. The minimum atomic E-state index is 0. The molecule has 18 heavy (non-hydrogen) atoms. The summed E-state index contributed by atoms with van der Waals surface area (Å²) in [5.41, 5.74) is 1.68. The van der Waals surface area contributed by atoms with E-state index < -0.39 is 0 Å². The van der Waals surface area contributed by atoms with Crippen LogP contribution in [0.15, 0.2) is 48.5 Å². The summed E-state index contributed by atoms with van der Waals surface area (Å²) in [6.45, 7) is 1.91. The Morgan fingerprint density at radius 1 is 1.11 bits per heavy atom. The van der Waals surface area contributed by atoms with Crippen molar-refractivity contribution in [3.8, 4) is 0 Å². The molecule has 2 rings (SSSR count). The second-order valence-electron chi connectivity index (χ2n) is 3.75. The maximum atomic E-state index is 12.2. The molecule has 0 N–H and O–H groups in total.